The van der Waals surface area contributed by atoms with Crippen molar-refractivity contribution in [3.8, 4) is 0 Å². The molecular weight excluding hydrogens is 174 g/mol. The number of carbonyl (C=O) groups excluding carboxylic acids is 1. The van der Waals surface area contributed by atoms with E-state index in [0.717, 1.165) is 0 Å². The van der Waals surface area contributed by atoms with E-state index in [1.165, 1.54) is 11.8 Å². The van der Waals surface area contributed by atoms with Gasteiger partial charge in [-0.2, -0.15) is 0 Å². The third kappa shape index (κ3) is 0.904. The molecule has 3 aliphatic heterocycles. The van der Waals surface area contributed by atoms with E-state index < -0.39 is 11.5 Å². The fourth-order valence-corrected chi connectivity index (χ4v) is 2.25. The van der Waals surface area contributed by atoms with Gasteiger partial charge in [-0.1, -0.05) is 0 Å². The zero-order valence-electron chi connectivity index (χ0n) is 7.32. The van der Waals surface area contributed by atoms with Crippen LogP contribution in [0.3, 0.4) is 0 Å². The number of fused-ring (bicyclic) bond motifs is 2. The molecule has 5 heteroatoms. The summed E-state index contributed by atoms with van der Waals surface area (Å²) in [4.78, 5) is 23.5. The SMILES string of the molecule is CC(=O)N1C2COCC1(C(=O)O)C2. The highest BCUT2D eigenvalue weighted by atomic mass is 16.5. The Morgan fingerprint density at radius 2 is 2.31 bits per heavy atom. The maximum atomic E-state index is 11.2. The molecular formula is C8H11NO4. The number of aliphatic carboxylic acids is 1. The summed E-state index contributed by atoms with van der Waals surface area (Å²) >= 11 is 0. The molecule has 1 N–H and O–H groups in total. The number of ether oxygens (including phenoxy) is 1. The van der Waals surface area contributed by atoms with Gasteiger partial charge in [0.1, 0.15) is 0 Å². The van der Waals surface area contributed by atoms with Crippen molar-refractivity contribution in [1.82, 2.24) is 4.90 Å². The van der Waals surface area contributed by atoms with Crippen LogP contribution in [0.2, 0.25) is 0 Å². The van der Waals surface area contributed by atoms with E-state index in [4.69, 9.17) is 9.84 Å². The summed E-state index contributed by atoms with van der Waals surface area (Å²) in [7, 11) is 0. The molecule has 3 fully saturated rings. The van der Waals surface area contributed by atoms with E-state index in [2.05, 4.69) is 0 Å². The van der Waals surface area contributed by atoms with Crippen molar-refractivity contribution in [2.75, 3.05) is 13.2 Å². The number of hydrogen-bond acceptors (Lipinski definition) is 3. The summed E-state index contributed by atoms with van der Waals surface area (Å²) in [6.45, 7) is 1.99. The Hall–Kier alpha value is -1.10. The lowest BCUT2D eigenvalue weighted by molar-refractivity contribution is -0.212. The van der Waals surface area contributed by atoms with Gasteiger partial charge >= 0.3 is 5.97 Å². The molecule has 0 saturated carbocycles. The predicted molar refractivity (Wildman–Crippen MR) is 42.1 cm³/mol. The van der Waals surface area contributed by atoms with Gasteiger partial charge in [0, 0.05) is 13.3 Å². The molecule has 0 aromatic carbocycles. The number of nitrogens with zero attached hydrogens (tertiary/aromatic N) is 1. The highest BCUT2D eigenvalue weighted by Crippen LogP contribution is 2.41. The maximum absolute atomic E-state index is 11.2. The van der Waals surface area contributed by atoms with E-state index >= 15 is 0 Å². The summed E-state index contributed by atoms with van der Waals surface area (Å²) in [5, 5.41) is 8.98. The van der Waals surface area contributed by atoms with Crippen molar-refractivity contribution in [1.29, 1.82) is 0 Å². The number of rotatable bonds is 1. The van der Waals surface area contributed by atoms with E-state index in [-0.39, 0.29) is 18.6 Å². The zero-order chi connectivity index (χ0) is 9.64. The predicted octanol–water partition coefficient (Wildman–Crippen LogP) is -0.539. The molecule has 13 heavy (non-hydrogen) atoms. The Balaban J connectivity index is 2.27. The molecule has 1 amide bonds. The molecule has 2 atom stereocenters. The Labute approximate surface area is 75.3 Å². The molecule has 0 aromatic heterocycles. The van der Waals surface area contributed by atoms with Gasteiger partial charge in [0.25, 0.3) is 0 Å². The summed E-state index contributed by atoms with van der Waals surface area (Å²) in [6, 6.07) is -0.0256. The summed E-state index contributed by atoms with van der Waals surface area (Å²) in [5.74, 6) is -1.14. The Morgan fingerprint density at radius 3 is 2.69 bits per heavy atom. The lowest BCUT2D eigenvalue weighted by atomic mass is 9.77. The van der Waals surface area contributed by atoms with Gasteiger partial charge in [-0.25, -0.2) is 4.79 Å². The smallest absolute Gasteiger partial charge is 0.332 e. The lowest BCUT2D eigenvalue weighted by Gasteiger charge is -2.58. The van der Waals surface area contributed by atoms with Crippen molar-refractivity contribution < 1.29 is 19.4 Å². The summed E-state index contributed by atoms with van der Waals surface area (Å²) in [6.07, 6.45) is 0.530. The Bertz CT molecular complexity index is 273. The van der Waals surface area contributed by atoms with Crippen molar-refractivity contribution in [2.45, 2.75) is 24.9 Å². The third-order valence-corrected chi connectivity index (χ3v) is 2.79. The number of amides is 1. The Kier molecular flexibility index (Phi) is 1.60. The average molecular weight is 185 g/mol. The molecule has 3 saturated heterocycles. The molecule has 3 rings (SSSR count). The summed E-state index contributed by atoms with van der Waals surface area (Å²) < 4.78 is 5.10. The van der Waals surface area contributed by atoms with Gasteiger partial charge in [-0.15, -0.1) is 0 Å². The Morgan fingerprint density at radius 1 is 1.62 bits per heavy atom. The van der Waals surface area contributed by atoms with Crippen LogP contribution in [-0.2, 0) is 14.3 Å². The van der Waals surface area contributed by atoms with Crippen LogP contribution < -0.4 is 0 Å². The number of carboxylic acid groups (broad SMARTS) is 1. The zero-order valence-corrected chi connectivity index (χ0v) is 7.32. The second kappa shape index (κ2) is 2.45. The second-order valence-corrected chi connectivity index (χ2v) is 3.60. The van der Waals surface area contributed by atoms with Crippen LogP contribution in [0.1, 0.15) is 13.3 Å². The van der Waals surface area contributed by atoms with Crippen molar-refractivity contribution in [3.05, 3.63) is 0 Å². The molecule has 0 aliphatic carbocycles. The molecule has 5 nitrogen and oxygen atoms in total. The minimum Gasteiger partial charge on any atom is -0.479 e. The molecule has 72 valence electrons. The number of morpholine rings is 1. The number of carboxylic acids is 1. The highest BCUT2D eigenvalue weighted by Gasteiger charge is 2.61. The average Bonchev–Trinajstić information content (AvgIpc) is 2.03. The van der Waals surface area contributed by atoms with E-state index in [0.29, 0.717) is 13.0 Å². The molecule has 2 unspecified atom stereocenters. The normalized spacial score (nSPS) is 36.7. The van der Waals surface area contributed by atoms with Gasteiger partial charge < -0.3 is 14.7 Å². The van der Waals surface area contributed by atoms with Crippen molar-refractivity contribution in [3.63, 3.8) is 0 Å². The minimum absolute atomic E-state index is 0.0256. The first-order valence-electron chi connectivity index (χ1n) is 4.19. The first kappa shape index (κ1) is 8.50. The molecule has 0 spiro atoms. The molecule has 0 radical (unpaired) electrons. The number of hydrogen-bond donors (Lipinski definition) is 1. The third-order valence-electron chi connectivity index (χ3n) is 2.79. The first-order valence-corrected chi connectivity index (χ1v) is 4.19. The maximum Gasteiger partial charge on any atom is 0.332 e. The molecule has 3 aliphatic rings. The van der Waals surface area contributed by atoms with Crippen LogP contribution in [0, 0.1) is 0 Å². The monoisotopic (exact) mass is 185 g/mol. The van der Waals surface area contributed by atoms with Crippen LogP contribution in [0.15, 0.2) is 0 Å². The van der Waals surface area contributed by atoms with Crippen LogP contribution in [0.5, 0.6) is 0 Å². The summed E-state index contributed by atoms with van der Waals surface area (Å²) in [5.41, 5.74) is -1.06. The van der Waals surface area contributed by atoms with Crippen LogP contribution >= 0.6 is 0 Å². The topological polar surface area (TPSA) is 66.8 Å². The highest BCUT2D eigenvalue weighted by molar-refractivity contribution is 5.89. The van der Waals surface area contributed by atoms with E-state index in [1.807, 2.05) is 0 Å². The fraction of sp³-hybridized carbons (Fsp3) is 0.750. The fourth-order valence-electron chi connectivity index (χ4n) is 2.25. The quantitative estimate of drug-likeness (QED) is 0.595. The van der Waals surface area contributed by atoms with Crippen molar-refractivity contribution >= 4 is 11.9 Å². The second-order valence-electron chi connectivity index (χ2n) is 3.60. The molecule has 0 aromatic rings. The minimum atomic E-state index is -1.06. The van der Waals surface area contributed by atoms with Crippen LogP contribution in [0.25, 0.3) is 0 Å². The first-order chi connectivity index (χ1) is 6.08. The van der Waals surface area contributed by atoms with Crippen LogP contribution in [0.4, 0.5) is 0 Å². The van der Waals surface area contributed by atoms with Gasteiger partial charge in [-0.05, 0) is 0 Å². The largest absolute Gasteiger partial charge is 0.479 e. The van der Waals surface area contributed by atoms with Gasteiger partial charge in [0.2, 0.25) is 5.91 Å². The van der Waals surface area contributed by atoms with Gasteiger partial charge in [0.05, 0.1) is 19.3 Å². The van der Waals surface area contributed by atoms with E-state index in [1.54, 1.807) is 0 Å². The lowest BCUT2D eigenvalue weighted by Crippen LogP contribution is -2.77. The van der Waals surface area contributed by atoms with E-state index in [9.17, 15) is 9.59 Å². The molecule has 3 heterocycles. The van der Waals surface area contributed by atoms with Crippen LogP contribution in [-0.4, -0.2) is 46.7 Å². The number of carbonyl (C=O) groups is 2. The van der Waals surface area contributed by atoms with Gasteiger partial charge in [-0.3, -0.25) is 4.79 Å². The standard InChI is InChI=1S/C8H11NO4/c1-5(10)9-6-2-8(9,7(11)12)4-13-3-6/h6H,2-4H2,1H3,(H,11,12). The molecule has 2 bridgehead atoms. The van der Waals surface area contributed by atoms with Gasteiger partial charge in [0.15, 0.2) is 5.54 Å². The van der Waals surface area contributed by atoms with Crippen molar-refractivity contribution in [2.24, 2.45) is 0 Å².